The van der Waals surface area contributed by atoms with E-state index in [2.05, 4.69) is 401 Å². The van der Waals surface area contributed by atoms with Gasteiger partial charge in [0.25, 0.3) is 6.71 Å². The van der Waals surface area contributed by atoms with Crippen molar-refractivity contribution in [3.63, 3.8) is 0 Å². The van der Waals surface area contributed by atoms with E-state index in [4.69, 9.17) is 0 Å². The number of hydrogen-bond donors (Lipinski definition) is 0. The van der Waals surface area contributed by atoms with Crippen LogP contribution in [0, 0.1) is 0 Å². The normalized spacial score (nSPS) is 12.6. The van der Waals surface area contributed by atoms with Crippen molar-refractivity contribution in [1.29, 1.82) is 0 Å². The van der Waals surface area contributed by atoms with Crippen LogP contribution >= 0.6 is 0 Å². The molecule has 0 unspecified atom stereocenters. The average Bonchev–Trinajstić information content (AvgIpc) is 1.27. The highest BCUT2D eigenvalue weighted by atomic mass is 15.2. The molecule has 0 saturated carbocycles. The number of hydrogen-bond acceptors (Lipinski definition) is 2. The van der Waals surface area contributed by atoms with Crippen molar-refractivity contribution in [2.24, 2.45) is 0 Å². The van der Waals surface area contributed by atoms with E-state index in [9.17, 15) is 0 Å². The smallest absolute Gasteiger partial charge is 0.252 e. The number of nitrogens with zero attached hydrogens (tertiary/aromatic N) is 4. The van der Waals surface area contributed by atoms with Crippen molar-refractivity contribution in [1.82, 2.24) is 8.80 Å². The van der Waals surface area contributed by atoms with E-state index in [-0.39, 0.29) is 6.71 Å². The number of fused-ring (bicyclic) bond motifs is 24. The summed E-state index contributed by atoms with van der Waals surface area (Å²) in [5.41, 5.74) is 26.4. The van der Waals surface area contributed by atoms with Gasteiger partial charge in [-0.2, -0.15) is 0 Å². The van der Waals surface area contributed by atoms with Crippen LogP contribution in [0.15, 0.2) is 382 Å². The summed E-state index contributed by atoms with van der Waals surface area (Å²) in [5, 5.41) is 19.1. The molecule has 0 bridgehead atoms. The van der Waals surface area contributed by atoms with Crippen molar-refractivity contribution < 1.29 is 0 Å². The maximum absolute atomic E-state index is 2.66. The Morgan fingerprint density at radius 2 is 0.458 bits per heavy atom. The Balaban J connectivity index is 0.953. The summed E-state index contributed by atoms with van der Waals surface area (Å²) in [6, 6.07) is 145. The van der Waals surface area contributed by atoms with E-state index in [0.29, 0.717) is 0 Å². The zero-order valence-electron chi connectivity index (χ0n) is 58.2. The van der Waals surface area contributed by atoms with E-state index >= 15 is 0 Å². The molecule has 0 saturated heterocycles. The standard InChI is InChI=1S/C102H63BN4/c1-5-28-64(29-6-1)68-54-56-92(84(58-68)66-32-9-3-10-33-66)104-94-52-27-53-95-100(94)103(88-60-86-76-42-19-15-38-72(76)70-36-13-17-40-74(70)80-46-25-48-82-78-44-21-23-50-90(78)106(101(80)82)96(86)62-98(88)104)89-61-87-77-43-20-16-39-73(77)71-37-14-18-41-75(71)81-47-26-49-83-79-45-22-24-51-91(79)107(102(81)83)97(87)63-99(89)105(95)93-57-55-69(65-30-7-2-8-31-65)59-85(93)67-34-11-4-12-35-67/h1-63H. The molecule has 4 aromatic heterocycles. The number of rotatable bonds is 6. The van der Waals surface area contributed by atoms with E-state index in [0.717, 1.165) is 100 Å². The fraction of sp³-hybridized carbons (Fsp3) is 0. The Kier molecular flexibility index (Phi) is 12.9. The first-order valence-electron chi connectivity index (χ1n) is 37.2. The fourth-order valence-electron chi connectivity index (χ4n) is 18.9. The van der Waals surface area contributed by atoms with Crippen LogP contribution in [0.2, 0.25) is 0 Å². The predicted molar refractivity (Wildman–Crippen MR) is 457 cm³/mol. The van der Waals surface area contributed by atoms with Crippen molar-refractivity contribution in [3.8, 4) is 44.5 Å². The lowest BCUT2D eigenvalue weighted by Crippen LogP contribution is -2.61. The molecule has 0 atom stereocenters. The van der Waals surface area contributed by atoms with Crippen molar-refractivity contribution in [3.05, 3.63) is 382 Å². The lowest BCUT2D eigenvalue weighted by molar-refractivity contribution is 1.25. The Morgan fingerprint density at radius 3 is 0.832 bits per heavy atom. The minimum absolute atomic E-state index is 0.330. The summed E-state index contributed by atoms with van der Waals surface area (Å²) < 4.78 is 5.24. The third kappa shape index (κ3) is 8.74. The second-order valence-corrected chi connectivity index (χ2v) is 28.9. The fourth-order valence-corrected chi connectivity index (χ4v) is 18.9. The Morgan fingerprint density at radius 1 is 0.168 bits per heavy atom. The molecule has 6 heterocycles. The van der Waals surface area contributed by atoms with Crippen LogP contribution in [0.1, 0.15) is 0 Å². The van der Waals surface area contributed by atoms with Crippen LogP contribution in [0.25, 0.3) is 164 Å². The van der Waals surface area contributed by atoms with Crippen LogP contribution in [-0.4, -0.2) is 15.5 Å². The van der Waals surface area contributed by atoms with Gasteiger partial charge in [-0.25, -0.2) is 0 Å². The quantitative estimate of drug-likeness (QED) is 0.154. The first kappa shape index (κ1) is 59.5. The Hall–Kier alpha value is -14.0. The summed E-state index contributed by atoms with van der Waals surface area (Å²) in [5.74, 6) is 0. The molecule has 0 amide bonds. The van der Waals surface area contributed by atoms with E-state index in [1.807, 2.05) is 0 Å². The lowest BCUT2D eigenvalue weighted by Gasteiger charge is -2.45. The second kappa shape index (κ2) is 23.3. The van der Waals surface area contributed by atoms with Crippen molar-refractivity contribution in [2.75, 3.05) is 9.80 Å². The van der Waals surface area contributed by atoms with Gasteiger partial charge in [0, 0.05) is 77.0 Å². The summed E-state index contributed by atoms with van der Waals surface area (Å²) in [6.45, 7) is -0.330. The third-order valence-corrected chi connectivity index (χ3v) is 23.4. The van der Waals surface area contributed by atoms with Gasteiger partial charge < -0.3 is 18.6 Å². The molecular weight excluding hydrogens is 1290 g/mol. The van der Waals surface area contributed by atoms with Gasteiger partial charge in [-0.15, -0.1) is 0 Å². The van der Waals surface area contributed by atoms with Gasteiger partial charge in [-0.1, -0.05) is 322 Å². The topological polar surface area (TPSA) is 15.3 Å². The molecule has 23 rings (SSSR count). The maximum atomic E-state index is 2.66. The molecule has 2 aliphatic heterocycles. The summed E-state index contributed by atoms with van der Waals surface area (Å²) in [7, 11) is 0. The first-order valence-corrected chi connectivity index (χ1v) is 37.2. The summed E-state index contributed by atoms with van der Waals surface area (Å²) in [6.07, 6.45) is 0. The number of para-hydroxylation sites is 4. The Labute approximate surface area is 617 Å². The molecule has 0 aliphatic carbocycles. The zero-order chi connectivity index (χ0) is 70.0. The molecule has 494 valence electrons. The molecule has 2 aliphatic rings. The highest BCUT2D eigenvalue weighted by molar-refractivity contribution is 7.00. The van der Waals surface area contributed by atoms with Crippen LogP contribution in [-0.2, 0) is 0 Å². The molecule has 0 spiro atoms. The second-order valence-electron chi connectivity index (χ2n) is 28.9. The van der Waals surface area contributed by atoms with Gasteiger partial charge in [0.2, 0.25) is 0 Å². The van der Waals surface area contributed by atoms with Crippen LogP contribution < -0.4 is 26.2 Å². The molecule has 17 aromatic carbocycles. The first-order chi connectivity index (χ1) is 53.1. The summed E-state index contributed by atoms with van der Waals surface area (Å²) in [4.78, 5) is 5.32. The molecule has 4 nitrogen and oxygen atoms in total. The largest absolute Gasteiger partial charge is 0.311 e. The monoisotopic (exact) mass is 1350 g/mol. The third-order valence-electron chi connectivity index (χ3n) is 23.4. The molecular formula is C102H63BN4. The average molecular weight is 1360 g/mol. The lowest BCUT2D eigenvalue weighted by atomic mass is 9.33. The maximum Gasteiger partial charge on any atom is 0.252 e. The molecule has 5 heteroatoms. The SMILES string of the molecule is c1ccc(-c2ccc(N3c4cc5c(cc4B4c6cc7c8ccccc8c8ccccc8c8cccc9c%10ccccc%10n(c7cc6N(c6ccc(-c7ccccc7)cc6-c6ccccc6)c6cccc3c64)c89)c3ccccc3c3ccccc3c3cccc4c6ccccc6n5c34)c(-c3ccccc3)c2)cc1. The van der Waals surface area contributed by atoms with E-state index in [1.165, 1.54) is 114 Å². The molecule has 0 radical (unpaired) electrons. The number of benzene rings is 17. The van der Waals surface area contributed by atoms with Gasteiger partial charge in [0.1, 0.15) is 0 Å². The number of anilines is 6. The minimum Gasteiger partial charge on any atom is -0.311 e. The van der Waals surface area contributed by atoms with Gasteiger partial charge >= 0.3 is 0 Å². The van der Waals surface area contributed by atoms with Crippen molar-refractivity contribution in [2.45, 2.75) is 0 Å². The van der Waals surface area contributed by atoms with Gasteiger partial charge in [0.05, 0.1) is 44.5 Å². The molecule has 0 fully saturated rings. The molecule has 0 N–H and O–H groups in total. The van der Waals surface area contributed by atoms with Gasteiger partial charge in [-0.3, -0.25) is 0 Å². The zero-order valence-corrected chi connectivity index (χ0v) is 58.2. The molecule has 21 aromatic rings. The van der Waals surface area contributed by atoms with Crippen LogP contribution in [0.4, 0.5) is 34.1 Å². The predicted octanol–water partition coefficient (Wildman–Crippen LogP) is 25.6. The van der Waals surface area contributed by atoms with Crippen LogP contribution in [0.5, 0.6) is 0 Å². The van der Waals surface area contributed by atoms with Crippen molar-refractivity contribution >= 4 is 177 Å². The van der Waals surface area contributed by atoms with E-state index < -0.39 is 0 Å². The number of aromatic nitrogens is 2. The summed E-state index contributed by atoms with van der Waals surface area (Å²) >= 11 is 0. The minimum atomic E-state index is -0.330. The van der Waals surface area contributed by atoms with Gasteiger partial charge in [-0.05, 0) is 154 Å². The Bertz CT molecular complexity index is 7010. The van der Waals surface area contributed by atoms with Crippen LogP contribution in [0.3, 0.4) is 0 Å². The highest BCUT2D eigenvalue weighted by Crippen LogP contribution is 2.52. The van der Waals surface area contributed by atoms with Gasteiger partial charge in [0.15, 0.2) is 0 Å². The van der Waals surface area contributed by atoms with E-state index in [1.54, 1.807) is 0 Å². The highest BCUT2D eigenvalue weighted by Gasteiger charge is 2.45. The molecule has 107 heavy (non-hydrogen) atoms.